The lowest BCUT2D eigenvalue weighted by molar-refractivity contribution is -0.142. The minimum absolute atomic E-state index is 0.0576. The molecule has 1 heterocycles. The molecule has 0 bridgehead atoms. The molecule has 1 aliphatic rings. The summed E-state index contributed by atoms with van der Waals surface area (Å²) in [5.74, 6) is -0.329. The maximum absolute atomic E-state index is 11.7. The zero-order valence-electron chi connectivity index (χ0n) is 10.5. The molecule has 17 heavy (non-hydrogen) atoms. The third-order valence-electron chi connectivity index (χ3n) is 2.38. The summed E-state index contributed by atoms with van der Waals surface area (Å²) >= 11 is 0. The van der Waals surface area contributed by atoms with Crippen molar-refractivity contribution in [1.29, 1.82) is 0 Å². The molecule has 0 atom stereocenters. The minimum Gasteiger partial charge on any atom is -0.465 e. The number of amides is 1. The van der Waals surface area contributed by atoms with E-state index >= 15 is 0 Å². The molecule has 0 aromatic carbocycles. The van der Waals surface area contributed by atoms with Crippen LogP contribution in [0.5, 0.6) is 0 Å². The fraction of sp³-hybridized carbons (Fsp3) is 0.667. The van der Waals surface area contributed by atoms with Crippen molar-refractivity contribution in [1.82, 2.24) is 4.90 Å². The van der Waals surface area contributed by atoms with E-state index in [4.69, 9.17) is 9.84 Å². The number of nitrogens with zero attached hydrogens (tertiary/aromatic N) is 1. The van der Waals surface area contributed by atoms with Crippen LogP contribution in [0, 0.1) is 5.41 Å². The van der Waals surface area contributed by atoms with Crippen LogP contribution in [0.3, 0.4) is 0 Å². The van der Waals surface area contributed by atoms with Crippen molar-refractivity contribution in [3.05, 3.63) is 11.6 Å². The van der Waals surface area contributed by atoms with Gasteiger partial charge in [0.25, 0.3) is 0 Å². The second-order valence-electron chi connectivity index (χ2n) is 5.34. The summed E-state index contributed by atoms with van der Waals surface area (Å²) in [7, 11) is 0. The first-order chi connectivity index (χ1) is 7.79. The largest absolute Gasteiger partial charge is 0.465 e. The van der Waals surface area contributed by atoms with Gasteiger partial charge in [-0.1, -0.05) is 26.8 Å². The summed E-state index contributed by atoms with van der Waals surface area (Å²) in [5.41, 5.74) is 0.518. The second-order valence-corrected chi connectivity index (χ2v) is 5.34. The van der Waals surface area contributed by atoms with Crippen LogP contribution in [0.1, 0.15) is 27.2 Å². The molecule has 0 unspecified atom stereocenters. The van der Waals surface area contributed by atoms with E-state index in [-0.39, 0.29) is 17.9 Å². The Balaban J connectivity index is 2.47. The summed E-state index contributed by atoms with van der Waals surface area (Å²) in [6, 6.07) is 0. The Hall–Kier alpha value is -1.52. The summed E-state index contributed by atoms with van der Waals surface area (Å²) in [4.78, 5) is 23.6. The highest BCUT2D eigenvalue weighted by atomic mass is 16.5. The van der Waals surface area contributed by atoms with Crippen molar-refractivity contribution < 1.29 is 19.4 Å². The normalized spacial score (nSPS) is 16.4. The van der Waals surface area contributed by atoms with E-state index in [9.17, 15) is 9.59 Å². The standard InChI is InChI=1S/C12H19NO4/c1-12(2,3)8-17-10(14)9-4-6-13(7-5-9)11(15)16/h4H,5-8H2,1-3H3,(H,15,16). The highest BCUT2D eigenvalue weighted by Gasteiger charge is 2.22. The van der Waals surface area contributed by atoms with E-state index < -0.39 is 6.09 Å². The SMILES string of the molecule is CC(C)(C)COC(=O)C1=CCN(C(=O)O)CC1. The maximum atomic E-state index is 11.7. The van der Waals surface area contributed by atoms with Crippen LogP contribution >= 0.6 is 0 Å². The fourth-order valence-electron chi connectivity index (χ4n) is 1.40. The van der Waals surface area contributed by atoms with Gasteiger partial charge in [-0.2, -0.15) is 0 Å². The Morgan fingerprint density at radius 3 is 2.53 bits per heavy atom. The van der Waals surface area contributed by atoms with Crippen LogP contribution in [0.25, 0.3) is 0 Å². The number of carbonyl (C=O) groups excluding carboxylic acids is 1. The first-order valence-corrected chi connectivity index (χ1v) is 5.63. The highest BCUT2D eigenvalue weighted by Crippen LogP contribution is 2.17. The van der Waals surface area contributed by atoms with Crippen molar-refractivity contribution in [2.45, 2.75) is 27.2 Å². The zero-order chi connectivity index (χ0) is 13.1. The van der Waals surface area contributed by atoms with Crippen LogP contribution < -0.4 is 0 Å². The Morgan fingerprint density at radius 2 is 2.12 bits per heavy atom. The molecule has 1 amide bonds. The molecule has 0 radical (unpaired) electrons. The van der Waals surface area contributed by atoms with Crippen molar-refractivity contribution in [2.75, 3.05) is 19.7 Å². The molecular weight excluding hydrogens is 222 g/mol. The van der Waals surface area contributed by atoms with Gasteiger partial charge in [0, 0.05) is 18.7 Å². The number of hydrogen-bond acceptors (Lipinski definition) is 3. The van der Waals surface area contributed by atoms with Gasteiger partial charge < -0.3 is 14.7 Å². The highest BCUT2D eigenvalue weighted by molar-refractivity contribution is 5.89. The minimum atomic E-state index is -0.955. The van der Waals surface area contributed by atoms with Gasteiger partial charge in [-0.25, -0.2) is 9.59 Å². The zero-order valence-corrected chi connectivity index (χ0v) is 10.5. The van der Waals surface area contributed by atoms with Crippen LogP contribution in [0.15, 0.2) is 11.6 Å². The van der Waals surface area contributed by atoms with Gasteiger partial charge in [-0.05, 0) is 11.8 Å². The average Bonchev–Trinajstić information content (AvgIpc) is 2.25. The number of carboxylic acid groups (broad SMARTS) is 1. The average molecular weight is 241 g/mol. The molecule has 5 nitrogen and oxygen atoms in total. The maximum Gasteiger partial charge on any atom is 0.407 e. The van der Waals surface area contributed by atoms with Gasteiger partial charge in [0.1, 0.15) is 0 Å². The molecule has 0 saturated heterocycles. The van der Waals surface area contributed by atoms with E-state index in [2.05, 4.69) is 0 Å². The molecule has 0 aliphatic carbocycles. The van der Waals surface area contributed by atoms with Crippen molar-refractivity contribution in [3.63, 3.8) is 0 Å². The molecule has 0 aromatic rings. The lowest BCUT2D eigenvalue weighted by Gasteiger charge is -2.24. The van der Waals surface area contributed by atoms with Crippen molar-refractivity contribution in [2.24, 2.45) is 5.41 Å². The van der Waals surface area contributed by atoms with Gasteiger partial charge in [-0.3, -0.25) is 0 Å². The smallest absolute Gasteiger partial charge is 0.407 e. The summed E-state index contributed by atoms with van der Waals surface area (Å²) in [5, 5.41) is 8.75. The van der Waals surface area contributed by atoms with Gasteiger partial charge in [-0.15, -0.1) is 0 Å². The number of hydrogen-bond donors (Lipinski definition) is 1. The lowest BCUT2D eigenvalue weighted by Crippen LogP contribution is -2.35. The predicted octanol–water partition coefficient (Wildman–Crippen LogP) is 1.89. The Morgan fingerprint density at radius 1 is 1.47 bits per heavy atom. The van der Waals surface area contributed by atoms with Crippen LogP contribution in [0.2, 0.25) is 0 Å². The molecule has 1 aliphatic heterocycles. The van der Waals surface area contributed by atoms with E-state index in [1.165, 1.54) is 4.90 Å². The van der Waals surface area contributed by atoms with Crippen molar-refractivity contribution in [3.8, 4) is 0 Å². The number of rotatable bonds is 2. The van der Waals surface area contributed by atoms with Gasteiger partial charge in [0.2, 0.25) is 0 Å². The fourth-order valence-corrected chi connectivity index (χ4v) is 1.40. The van der Waals surface area contributed by atoms with E-state index in [0.717, 1.165) is 0 Å². The first-order valence-electron chi connectivity index (χ1n) is 5.63. The Bertz CT molecular complexity index is 341. The molecule has 0 aromatic heterocycles. The molecule has 1 rings (SSSR count). The van der Waals surface area contributed by atoms with E-state index in [1.54, 1.807) is 6.08 Å². The second kappa shape index (κ2) is 5.21. The third-order valence-corrected chi connectivity index (χ3v) is 2.38. The molecule has 0 spiro atoms. The molecule has 96 valence electrons. The molecule has 0 fully saturated rings. The van der Waals surface area contributed by atoms with E-state index in [0.29, 0.717) is 25.1 Å². The summed E-state index contributed by atoms with van der Waals surface area (Å²) in [6.45, 7) is 6.94. The monoisotopic (exact) mass is 241 g/mol. The summed E-state index contributed by atoms with van der Waals surface area (Å²) < 4.78 is 5.17. The Labute approximate surface area is 101 Å². The quantitative estimate of drug-likeness (QED) is 0.750. The molecule has 5 heteroatoms. The molecule has 0 saturated carbocycles. The number of ether oxygens (including phenoxy) is 1. The van der Waals surface area contributed by atoms with Crippen LogP contribution in [0.4, 0.5) is 4.79 Å². The van der Waals surface area contributed by atoms with E-state index in [1.807, 2.05) is 20.8 Å². The number of esters is 1. The van der Waals surface area contributed by atoms with Crippen molar-refractivity contribution >= 4 is 12.1 Å². The summed E-state index contributed by atoms with van der Waals surface area (Å²) in [6.07, 6.45) is 1.10. The van der Waals surface area contributed by atoms with Crippen LogP contribution in [-0.2, 0) is 9.53 Å². The number of carbonyl (C=O) groups is 2. The van der Waals surface area contributed by atoms with Gasteiger partial charge in [0.15, 0.2) is 0 Å². The lowest BCUT2D eigenvalue weighted by atomic mass is 9.98. The predicted molar refractivity (Wildman–Crippen MR) is 62.7 cm³/mol. The van der Waals surface area contributed by atoms with Crippen LogP contribution in [-0.4, -0.2) is 41.8 Å². The molecule has 1 N–H and O–H groups in total. The third kappa shape index (κ3) is 4.46. The van der Waals surface area contributed by atoms with Gasteiger partial charge >= 0.3 is 12.1 Å². The van der Waals surface area contributed by atoms with Gasteiger partial charge in [0.05, 0.1) is 6.61 Å². The molecular formula is C12H19NO4. The topological polar surface area (TPSA) is 66.8 Å². The first kappa shape index (κ1) is 13.5. The Kier molecular flexibility index (Phi) is 4.15.